The van der Waals surface area contributed by atoms with Gasteiger partial charge in [0.25, 0.3) is 10.1 Å². The maximum Gasteiger partial charge on any atom is 0.408 e. The quantitative estimate of drug-likeness (QED) is 0.136. The Labute approximate surface area is 301 Å². The molecule has 5 rings (SSSR count). The summed E-state index contributed by atoms with van der Waals surface area (Å²) in [5.74, 6) is 0. The molecule has 272 valence electrons. The molecule has 1 saturated carbocycles. The van der Waals surface area contributed by atoms with Crippen molar-refractivity contribution in [2.45, 2.75) is 89.4 Å². The Kier molecular flexibility index (Phi) is 13.4. The highest BCUT2D eigenvalue weighted by Crippen LogP contribution is 2.35. The first-order valence-electron chi connectivity index (χ1n) is 16.9. The standard InChI is InChI=1S/C40H47NO9S/c1-40(2,3)49-39(42)41-33-34(45-25-29-17-9-5-10-18-29)36(46-26-30-19-11-6-12-20-30)38(48-28-32-23-15-8-16-24-32)37(35(33)50-51(4,43)44)47-27-31-21-13-7-14-22-31/h5-24,33-38H,25-28H2,1-4H3,(H,41,42)/t33-,34+,35+,36-,37+,38+/m1/s1. The van der Waals surface area contributed by atoms with Crippen LogP contribution in [0.2, 0.25) is 0 Å². The molecular weight excluding hydrogens is 671 g/mol. The van der Waals surface area contributed by atoms with Gasteiger partial charge in [0.1, 0.15) is 36.1 Å². The van der Waals surface area contributed by atoms with E-state index < -0.39 is 58.4 Å². The highest BCUT2D eigenvalue weighted by Gasteiger charge is 2.56. The molecule has 51 heavy (non-hydrogen) atoms. The molecular formula is C40H47NO9S. The third-order valence-corrected chi connectivity index (χ3v) is 8.69. The van der Waals surface area contributed by atoms with Crippen molar-refractivity contribution < 1.29 is 41.1 Å². The van der Waals surface area contributed by atoms with Crippen molar-refractivity contribution in [3.8, 4) is 0 Å². The van der Waals surface area contributed by atoms with E-state index in [0.717, 1.165) is 28.5 Å². The second-order valence-corrected chi connectivity index (χ2v) is 15.1. The summed E-state index contributed by atoms with van der Waals surface area (Å²) in [6.07, 6.45) is -5.01. The van der Waals surface area contributed by atoms with E-state index in [1.54, 1.807) is 20.8 Å². The Morgan fingerprint density at radius 1 is 0.549 bits per heavy atom. The minimum Gasteiger partial charge on any atom is -0.444 e. The van der Waals surface area contributed by atoms with E-state index in [2.05, 4.69) is 5.32 Å². The van der Waals surface area contributed by atoms with Gasteiger partial charge in [-0.15, -0.1) is 0 Å². The summed E-state index contributed by atoms with van der Waals surface area (Å²) in [5.41, 5.74) is 2.64. The second-order valence-electron chi connectivity index (χ2n) is 13.5. The van der Waals surface area contributed by atoms with E-state index in [1.807, 2.05) is 121 Å². The molecule has 6 atom stereocenters. The molecule has 0 aliphatic heterocycles. The van der Waals surface area contributed by atoms with Crippen LogP contribution in [0.25, 0.3) is 0 Å². The van der Waals surface area contributed by atoms with Crippen LogP contribution >= 0.6 is 0 Å². The minimum absolute atomic E-state index is 0.0976. The van der Waals surface area contributed by atoms with Crippen LogP contribution in [0.3, 0.4) is 0 Å². The maximum atomic E-state index is 13.5. The third kappa shape index (κ3) is 12.0. The molecule has 11 heteroatoms. The van der Waals surface area contributed by atoms with Gasteiger partial charge in [-0.3, -0.25) is 4.18 Å². The summed E-state index contributed by atoms with van der Waals surface area (Å²) >= 11 is 0. The normalized spacial score (nSPS) is 22.3. The molecule has 0 saturated heterocycles. The Hall–Kier alpha value is -4.10. The lowest BCUT2D eigenvalue weighted by Crippen LogP contribution is -2.71. The van der Waals surface area contributed by atoms with Gasteiger partial charge >= 0.3 is 6.09 Å². The lowest BCUT2D eigenvalue weighted by molar-refractivity contribution is -0.245. The lowest BCUT2D eigenvalue weighted by atomic mass is 9.82. The molecule has 1 aliphatic carbocycles. The zero-order valence-electron chi connectivity index (χ0n) is 29.4. The van der Waals surface area contributed by atoms with Crippen LogP contribution in [-0.2, 0) is 64.4 Å². The summed E-state index contributed by atoms with van der Waals surface area (Å²) in [6.45, 7) is 5.77. The van der Waals surface area contributed by atoms with E-state index in [-0.39, 0.29) is 26.4 Å². The van der Waals surface area contributed by atoms with Crippen molar-refractivity contribution in [2.24, 2.45) is 0 Å². The minimum atomic E-state index is -4.12. The van der Waals surface area contributed by atoms with E-state index in [1.165, 1.54) is 0 Å². The predicted molar refractivity (Wildman–Crippen MR) is 193 cm³/mol. The fraction of sp³-hybridized carbons (Fsp3) is 0.375. The molecule has 1 fully saturated rings. The monoisotopic (exact) mass is 717 g/mol. The first-order chi connectivity index (χ1) is 24.4. The SMILES string of the molecule is CC(C)(C)OC(=O)N[C@H]1[C@H](OS(C)(=O)=O)[C@H](OCc2ccccc2)[C@@H](OCc2ccccc2)[C@H](OCc2ccccc2)[C@H]1OCc1ccccc1. The number of hydrogen-bond acceptors (Lipinski definition) is 9. The van der Waals surface area contributed by atoms with E-state index in [0.29, 0.717) is 0 Å². The van der Waals surface area contributed by atoms with Gasteiger partial charge in [0.05, 0.1) is 38.7 Å². The summed E-state index contributed by atoms with van der Waals surface area (Å²) < 4.78 is 64.2. The number of amides is 1. The summed E-state index contributed by atoms with van der Waals surface area (Å²) in [5, 5.41) is 2.89. The van der Waals surface area contributed by atoms with Crippen LogP contribution in [0.4, 0.5) is 4.79 Å². The number of carbonyl (C=O) groups excluding carboxylic acids is 1. The second kappa shape index (κ2) is 17.9. The summed E-state index contributed by atoms with van der Waals surface area (Å²) in [7, 11) is -4.12. The van der Waals surface area contributed by atoms with E-state index >= 15 is 0 Å². The van der Waals surface area contributed by atoms with Gasteiger partial charge in [-0.1, -0.05) is 121 Å². The third-order valence-electron chi connectivity index (χ3n) is 8.11. The van der Waals surface area contributed by atoms with Crippen molar-refractivity contribution in [3.63, 3.8) is 0 Å². The predicted octanol–water partition coefficient (Wildman–Crippen LogP) is 6.58. The van der Waals surface area contributed by atoms with Gasteiger partial charge < -0.3 is 29.0 Å². The first-order valence-corrected chi connectivity index (χ1v) is 18.8. The molecule has 10 nitrogen and oxygen atoms in total. The van der Waals surface area contributed by atoms with Crippen molar-refractivity contribution in [1.82, 2.24) is 5.32 Å². The molecule has 1 amide bonds. The average Bonchev–Trinajstić information content (AvgIpc) is 3.10. The smallest absolute Gasteiger partial charge is 0.408 e. The Bertz CT molecular complexity index is 1740. The van der Waals surface area contributed by atoms with Gasteiger partial charge in [0, 0.05) is 0 Å². The number of carbonyl (C=O) groups is 1. The number of ether oxygens (including phenoxy) is 5. The topological polar surface area (TPSA) is 119 Å². The number of rotatable bonds is 15. The number of alkyl carbamates (subject to hydrolysis) is 1. The lowest BCUT2D eigenvalue weighted by Gasteiger charge is -2.49. The largest absolute Gasteiger partial charge is 0.444 e. The number of hydrogen-bond donors (Lipinski definition) is 1. The van der Waals surface area contributed by atoms with Gasteiger partial charge in [-0.2, -0.15) is 8.42 Å². The van der Waals surface area contributed by atoms with Crippen molar-refractivity contribution in [3.05, 3.63) is 144 Å². The van der Waals surface area contributed by atoms with Crippen LogP contribution in [0, 0.1) is 0 Å². The fourth-order valence-corrected chi connectivity index (χ4v) is 6.55. The van der Waals surface area contributed by atoms with Gasteiger partial charge in [-0.25, -0.2) is 4.79 Å². The number of nitrogens with one attached hydrogen (secondary N) is 1. The Balaban J connectivity index is 1.61. The van der Waals surface area contributed by atoms with Crippen LogP contribution < -0.4 is 5.32 Å². The molecule has 0 unspecified atom stereocenters. The fourth-order valence-electron chi connectivity index (χ4n) is 5.92. The van der Waals surface area contributed by atoms with Crippen LogP contribution in [0.1, 0.15) is 43.0 Å². The van der Waals surface area contributed by atoms with Gasteiger partial charge in [0.2, 0.25) is 0 Å². The van der Waals surface area contributed by atoms with Crippen molar-refractivity contribution >= 4 is 16.2 Å². The highest BCUT2D eigenvalue weighted by molar-refractivity contribution is 7.86. The zero-order valence-corrected chi connectivity index (χ0v) is 30.2. The maximum absolute atomic E-state index is 13.5. The molecule has 0 aromatic heterocycles. The first kappa shape index (κ1) is 38.1. The van der Waals surface area contributed by atoms with Gasteiger partial charge in [0.15, 0.2) is 0 Å². The van der Waals surface area contributed by atoms with Crippen LogP contribution in [-0.4, -0.2) is 62.9 Å². The molecule has 0 heterocycles. The number of benzene rings is 4. The molecule has 0 radical (unpaired) electrons. The molecule has 1 aliphatic rings. The van der Waals surface area contributed by atoms with Crippen molar-refractivity contribution in [2.75, 3.05) is 6.26 Å². The Morgan fingerprint density at radius 3 is 1.20 bits per heavy atom. The zero-order chi connectivity index (χ0) is 36.3. The molecule has 0 bridgehead atoms. The molecule has 0 spiro atoms. The molecule has 1 N–H and O–H groups in total. The average molecular weight is 718 g/mol. The van der Waals surface area contributed by atoms with Crippen LogP contribution in [0.5, 0.6) is 0 Å². The van der Waals surface area contributed by atoms with Gasteiger partial charge in [-0.05, 0) is 43.0 Å². The Morgan fingerprint density at radius 2 is 0.863 bits per heavy atom. The molecule has 4 aromatic rings. The van der Waals surface area contributed by atoms with E-state index in [9.17, 15) is 13.2 Å². The van der Waals surface area contributed by atoms with Crippen molar-refractivity contribution in [1.29, 1.82) is 0 Å². The van der Waals surface area contributed by atoms with Crippen LogP contribution in [0.15, 0.2) is 121 Å². The summed E-state index contributed by atoms with van der Waals surface area (Å²) in [6, 6.07) is 37.1. The summed E-state index contributed by atoms with van der Waals surface area (Å²) in [4.78, 5) is 13.5. The highest BCUT2D eigenvalue weighted by atomic mass is 32.2. The molecule has 4 aromatic carbocycles. The van der Waals surface area contributed by atoms with E-state index in [4.69, 9.17) is 27.9 Å².